The van der Waals surface area contributed by atoms with Crippen molar-refractivity contribution in [2.45, 2.75) is 30.8 Å². The lowest BCUT2D eigenvalue weighted by atomic mass is 10.1. The maximum absolute atomic E-state index is 9.98. The van der Waals surface area contributed by atoms with E-state index in [0.29, 0.717) is 0 Å². The molecule has 0 heterocycles. The van der Waals surface area contributed by atoms with Crippen molar-refractivity contribution in [3.05, 3.63) is 39.3 Å². The molecule has 15 heavy (non-hydrogen) atoms. The highest BCUT2D eigenvalue weighted by atomic mass is 127. The van der Waals surface area contributed by atoms with Gasteiger partial charge in [0, 0.05) is 8.48 Å². The summed E-state index contributed by atoms with van der Waals surface area (Å²) in [6.45, 7) is 3.83. The lowest BCUT2D eigenvalue weighted by Crippen LogP contribution is -2.22. The van der Waals surface area contributed by atoms with Crippen molar-refractivity contribution in [3.63, 3.8) is 0 Å². The Kier molecular flexibility index (Phi) is 5.15. The van der Waals surface area contributed by atoms with Gasteiger partial charge in [-0.2, -0.15) is 0 Å². The predicted molar refractivity (Wildman–Crippen MR) is 75.3 cm³/mol. The Balaban J connectivity index is 2.66. The summed E-state index contributed by atoms with van der Waals surface area (Å²) in [5, 5.41) is 12.0. The van der Waals surface area contributed by atoms with Gasteiger partial charge in [0.25, 0.3) is 0 Å². The van der Waals surface area contributed by atoms with E-state index in [1.165, 1.54) is 4.90 Å². The lowest BCUT2D eigenvalue weighted by Gasteiger charge is -2.20. The van der Waals surface area contributed by atoms with Crippen molar-refractivity contribution in [3.8, 4) is 0 Å². The van der Waals surface area contributed by atoms with E-state index in [9.17, 15) is 5.11 Å². The molecule has 0 radical (unpaired) electrons. The van der Waals surface area contributed by atoms with E-state index in [4.69, 9.17) is 0 Å². The van der Waals surface area contributed by atoms with Crippen molar-refractivity contribution in [2.75, 3.05) is 0 Å². The highest BCUT2D eigenvalue weighted by Crippen LogP contribution is 2.31. The van der Waals surface area contributed by atoms with Crippen LogP contribution in [0.1, 0.15) is 20.3 Å². The summed E-state index contributed by atoms with van der Waals surface area (Å²) in [6.07, 6.45) is 0.733. The molecule has 3 heteroatoms. The average Bonchev–Trinajstić information content (AvgIpc) is 2.27. The second-order valence-corrected chi connectivity index (χ2v) is 5.63. The first kappa shape index (κ1) is 13.1. The molecule has 0 spiro atoms. The van der Waals surface area contributed by atoms with Crippen LogP contribution in [0.4, 0.5) is 0 Å². The molecule has 0 fully saturated rings. The molecule has 1 aromatic carbocycles. The minimum atomic E-state index is -0.692. The molecule has 0 saturated carbocycles. The van der Waals surface area contributed by atoms with Gasteiger partial charge in [-0.15, -0.1) is 0 Å². The van der Waals surface area contributed by atoms with Gasteiger partial charge in [-0.3, -0.25) is 0 Å². The van der Waals surface area contributed by atoms with E-state index in [1.807, 2.05) is 37.5 Å². The zero-order chi connectivity index (χ0) is 11.3. The molecule has 0 aliphatic rings. The number of hydrogen-bond acceptors (Lipinski definition) is 2. The number of aliphatic hydroxyl groups is 1. The Hall–Kier alpha value is -0.000000000000000111. The van der Waals surface area contributed by atoms with Gasteiger partial charge in [0.05, 0.1) is 5.60 Å². The fraction of sp³-hybridized carbons (Fsp3) is 0.333. The zero-order valence-corrected chi connectivity index (χ0v) is 11.9. The largest absolute Gasteiger partial charge is 0.385 e. The molecule has 0 aliphatic heterocycles. The Bertz CT molecular complexity index is 333. The van der Waals surface area contributed by atoms with Crippen LogP contribution < -0.4 is 0 Å². The summed E-state index contributed by atoms with van der Waals surface area (Å²) in [6, 6.07) is 10.2. The van der Waals surface area contributed by atoms with Gasteiger partial charge >= 0.3 is 0 Å². The zero-order valence-electron chi connectivity index (χ0n) is 8.90. The third kappa shape index (κ3) is 4.17. The Morgan fingerprint density at radius 2 is 2.07 bits per heavy atom. The van der Waals surface area contributed by atoms with E-state index in [0.717, 1.165) is 10.0 Å². The van der Waals surface area contributed by atoms with E-state index < -0.39 is 5.60 Å². The molecular weight excluding hydrogens is 319 g/mol. The topological polar surface area (TPSA) is 20.2 Å². The minimum Gasteiger partial charge on any atom is -0.385 e. The smallest absolute Gasteiger partial charge is 0.0927 e. The summed E-state index contributed by atoms with van der Waals surface area (Å²) in [5.74, 6) is 0. The highest BCUT2D eigenvalue weighted by molar-refractivity contribution is 14.1. The number of thioether (sulfide) groups is 1. The maximum atomic E-state index is 9.98. The number of halogens is 1. The van der Waals surface area contributed by atoms with Crippen LogP contribution in [0.25, 0.3) is 0 Å². The fourth-order valence-corrected chi connectivity index (χ4v) is 2.49. The first-order chi connectivity index (χ1) is 7.06. The van der Waals surface area contributed by atoms with Crippen LogP contribution in [0.2, 0.25) is 0 Å². The fourth-order valence-electron chi connectivity index (χ4n) is 0.915. The molecule has 1 nitrogen and oxygen atoms in total. The van der Waals surface area contributed by atoms with Crippen LogP contribution in [-0.4, -0.2) is 10.7 Å². The molecule has 82 valence electrons. The van der Waals surface area contributed by atoms with Crippen molar-refractivity contribution < 1.29 is 5.11 Å². The highest BCUT2D eigenvalue weighted by Gasteiger charge is 2.20. The van der Waals surface area contributed by atoms with Crippen molar-refractivity contribution in [1.29, 1.82) is 0 Å². The van der Waals surface area contributed by atoms with Gasteiger partial charge < -0.3 is 5.11 Å². The molecule has 1 N–H and O–H groups in total. The first-order valence-corrected chi connectivity index (χ1v) is 6.82. The standard InChI is InChI=1S/C12H15IOS/c1-3-12(2,14)11(13)9-15-10-7-5-4-6-8-10/h4-9,14H,3H2,1-2H3/b11-9-. The number of hydrogen-bond donors (Lipinski definition) is 1. The van der Waals surface area contributed by atoms with Crippen LogP contribution in [0.3, 0.4) is 0 Å². The lowest BCUT2D eigenvalue weighted by molar-refractivity contribution is 0.106. The van der Waals surface area contributed by atoms with Crippen LogP contribution in [-0.2, 0) is 0 Å². The summed E-state index contributed by atoms with van der Waals surface area (Å²) in [5.41, 5.74) is -0.692. The number of benzene rings is 1. The van der Waals surface area contributed by atoms with Gasteiger partial charge in [0.15, 0.2) is 0 Å². The van der Waals surface area contributed by atoms with E-state index in [1.54, 1.807) is 11.8 Å². The molecule has 0 saturated heterocycles. The maximum Gasteiger partial charge on any atom is 0.0927 e. The monoisotopic (exact) mass is 334 g/mol. The van der Waals surface area contributed by atoms with Gasteiger partial charge in [-0.1, -0.05) is 36.9 Å². The summed E-state index contributed by atoms with van der Waals surface area (Å²) < 4.78 is 0.983. The second-order valence-electron chi connectivity index (χ2n) is 3.52. The Morgan fingerprint density at radius 3 is 2.60 bits per heavy atom. The third-order valence-electron chi connectivity index (χ3n) is 2.24. The first-order valence-electron chi connectivity index (χ1n) is 4.86. The summed E-state index contributed by atoms with van der Waals surface area (Å²) >= 11 is 3.84. The number of rotatable bonds is 4. The molecule has 0 aromatic heterocycles. The quantitative estimate of drug-likeness (QED) is 0.657. The summed E-state index contributed by atoms with van der Waals surface area (Å²) in [7, 11) is 0. The minimum absolute atomic E-state index is 0.692. The molecule has 1 unspecified atom stereocenters. The molecule has 0 bridgehead atoms. The van der Waals surface area contributed by atoms with Crippen LogP contribution in [0.15, 0.2) is 44.2 Å². The van der Waals surface area contributed by atoms with Crippen LogP contribution in [0.5, 0.6) is 0 Å². The van der Waals surface area contributed by atoms with Crippen molar-refractivity contribution >= 4 is 34.4 Å². The van der Waals surface area contributed by atoms with E-state index >= 15 is 0 Å². The van der Waals surface area contributed by atoms with Gasteiger partial charge in [0.2, 0.25) is 0 Å². The third-order valence-corrected chi connectivity index (χ3v) is 5.04. The van der Waals surface area contributed by atoms with Crippen LogP contribution in [0, 0.1) is 0 Å². The predicted octanol–water partition coefficient (Wildman–Crippen LogP) is 4.22. The van der Waals surface area contributed by atoms with Gasteiger partial charge in [-0.25, -0.2) is 0 Å². The molecule has 1 rings (SSSR count). The summed E-state index contributed by atoms with van der Waals surface area (Å²) in [4.78, 5) is 1.19. The SMILES string of the molecule is CCC(C)(O)/C(I)=C/Sc1ccccc1. The average molecular weight is 334 g/mol. The Labute approximate surface area is 109 Å². The molecule has 1 atom stereocenters. The van der Waals surface area contributed by atoms with Crippen LogP contribution >= 0.6 is 34.4 Å². The Morgan fingerprint density at radius 1 is 1.47 bits per heavy atom. The normalized spacial score (nSPS) is 16.1. The molecule has 0 amide bonds. The molecule has 1 aromatic rings. The molecule has 0 aliphatic carbocycles. The second kappa shape index (κ2) is 5.92. The van der Waals surface area contributed by atoms with E-state index in [-0.39, 0.29) is 0 Å². The molecular formula is C12H15IOS. The van der Waals surface area contributed by atoms with Gasteiger partial charge in [-0.05, 0) is 53.5 Å². The van der Waals surface area contributed by atoms with E-state index in [2.05, 4.69) is 34.7 Å². The van der Waals surface area contributed by atoms with Crippen molar-refractivity contribution in [2.24, 2.45) is 0 Å². The van der Waals surface area contributed by atoms with Gasteiger partial charge in [0.1, 0.15) is 0 Å². The van der Waals surface area contributed by atoms with Crippen molar-refractivity contribution in [1.82, 2.24) is 0 Å².